The predicted molar refractivity (Wildman–Crippen MR) is 81.2 cm³/mol. The van der Waals surface area contributed by atoms with Gasteiger partial charge in [0.25, 0.3) is 0 Å². The van der Waals surface area contributed by atoms with Gasteiger partial charge in [0.1, 0.15) is 6.04 Å². The lowest BCUT2D eigenvalue weighted by molar-refractivity contribution is -0.153. The lowest BCUT2D eigenvalue weighted by atomic mass is 9.99. The highest BCUT2D eigenvalue weighted by molar-refractivity contribution is 7.99. The maximum absolute atomic E-state index is 12.6. The minimum atomic E-state index is -0.185. The number of hydrogen-bond donors (Lipinski definition) is 0. The molecule has 2 fully saturated rings. The maximum atomic E-state index is 12.6. The molecule has 2 saturated heterocycles. The van der Waals surface area contributed by atoms with Crippen LogP contribution >= 0.6 is 11.8 Å². The number of hydrogen-bond acceptors (Lipinski definition) is 3. The van der Waals surface area contributed by atoms with Gasteiger partial charge in [0.15, 0.2) is 0 Å². The van der Waals surface area contributed by atoms with Crippen molar-refractivity contribution in [3.8, 4) is 0 Å². The zero-order valence-electron chi connectivity index (χ0n) is 11.8. The van der Waals surface area contributed by atoms with Crippen molar-refractivity contribution in [1.29, 1.82) is 0 Å². The molecular formula is C16H18N2O2S. The van der Waals surface area contributed by atoms with Gasteiger partial charge in [-0.1, -0.05) is 18.2 Å². The molecule has 3 aliphatic rings. The molecule has 1 aromatic rings. The number of rotatable bonds is 2. The van der Waals surface area contributed by atoms with E-state index in [1.54, 1.807) is 9.80 Å². The van der Waals surface area contributed by atoms with Gasteiger partial charge >= 0.3 is 0 Å². The number of carbonyl (C=O) groups is 2. The second-order valence-corrected chi connectivity index (χ2v) is 7.07. The summed E-state index contributed by atoms with van der Waals surface area (Å²) in [7, 11) is 0. The van der Waals surface area contributed by atoms with Crippen LogP contribution < -0.4 is 0 Å². The van der Waals surface area contributed by atoms with E-state index in [1.807, 2.05) is 11.8 Å². The first-order valence-corrected chi connectivity index (χ1v) is 8.52. The second-order valence-electron chi connectivity index (χ2n) is 6.01. The van der Waals surface area contributed by atoms with E-state index in [1.165, 1.54) is 10.5 Å². The molecular weight excluding hydrogens is 284 g/mol. The van der Waals surface area contributed by atoms with E-state index < -0.39 is 0 Å². The molecule has 0 aliphatic carbocycles. The fraction of sp³-hybridized carbons (Fsp3) is 0.500. The summed E-state index contributed by atoms with van der Waals surface area (Å²) in [5, 5.41) is 0. The van der Waals surface area contributed by atoms with Crippen LogP contribution in [-0.4, -0.2) is 53.0 Å². The van der Waals surface area contributed by atoms with Crippen LogP contribution in [0.5, 0.6) is 0 Å². The molecule has 2 unspecified atom stereocenters. The quantitative estimate of drug-likeness (QED) is 0.835. The molecule has 110 valence electrons. The molecule has 21 heavy (non-hydrogen) atoms. The van der Waals surface area contributed by atoms with Crippen molar-refractivity contribution in [2.45, 2.75) is 29.7 Å². The summed E-state index contributed by atoms with van der Waals surface area (Å²) in [5.74, 6) is 1.64. The largest absolute Gasteiger partial charge is 0.331 e. The Balaban J connectivity index is 1.53. The van der Waals surface area contributed by atoms with Crippen LogP contribution in [0, 0.1) is 0 Å². The molecule has 2 amide bonds. The van der Waals surface area contributed by atoms with Crippen molar-refractivity contribution < 1.29 is 9.59 Å². The van der Waals surface area contributed by atoms with Crippen molar-refractivity contribution in [3.63, 3.8) is 0 Å². The highest BCUT2D eigenvalue weighted by Gasteiger charge is 2.42. The monoisotopic (exact) mass is 302 g/mol. The number of thioether (sulfide) groups is 1. The Kier molecular flexibility index (Phi) is 3.17. The maximum Gasteiger partial charge on any atom is 0.245 e. The lowest BCUT2D eigenvalue weighted by Crippen LogP contribution is -2.58. The van der Waals surface area contributed by atoms with E-state index in [-0.39, 0.29) is 24.4 Å². The Labute approximate surface area is 128 Å². The first-order chi connectivity index (χ1) is 10.2. The molecule has 4 rings (SSSR count). The average molecular weight is 302 g/mol. The molecule has 4 nitrogen and oxygen atoms in total. The van der Waals surface area contributed by atoms with Gasteiger partial charge in [0.2, 0.25) is 11.8 Å². The summed E-state index contributed by atoms with van der Waals surface area (Å²) in [6.07, 6.45) is 1.79. The zero-order valence-corrected chi connectivity index (χ0v) is 12.6. The number of piperazine rings is 1. The Hall–Kier alpha value is -1.49. The fourth-order valence-corrected chi connectivity index (χ4v) is 4.91. The molecule has 0 spiro atoms. The summed E-state index contributed by atoms with van der Waals surface area (Å²) < 4.78 is 0. The lowest BCUT2D eigenvalue weighted by Gasteiger charge is -2.37. The Morgan fingerprint density at radius 2 is 2.10 bits per heavy atom. The molecule has 1 aromatic carbocycles. The van der Waals surface area contributed by atoms with Crippen LogP contribution in [0.3, 0.4) is 0 Å². The highest BCUT2D eigenvalue weighted by Crippen LogP contribution is 2.40. The van der Waals surface area contributed by atoms with Gasteiger partial charge in [-0.15, -0.1) is 11.8 Å². The van der Waals surface area contributed by atoms with Gasteiger partial charge in [0, 0.05) is 29.7 Å². The topological polar surface area (TPSA) is 40.6 Å². The smallest absolute Gasteiger partial charge is 0.245 e. The molecule has 0 N–H and O–H groups in total. The van der Waals surface area contributed by atoms with E-state index in [2.05, 4.69) is 24.3 Å². The second kappa shape index (κ2) is 5.05. The number of benzene rings is 1. The van der Waals surface area contributed by atoms with E-state index in [0.29, 0.717) is 12.5 Å². The van der Waals surface area contributed by atoms with Crippen molar-refractivity contribution in [3.05, 3.63) is 29.8 Å². The van der Waals surface area contributed by atoms with Crippen LogP contribution in [-0.2, 0) is 9.59 Å². The minimum Gasteiger partial charge on any atom is -0.331 e. The van der Waals surface area contributed by atoms with Crippen LogP contribution in [0.15, 0.2) is 29.2 Å². The minimum absolute atomic E-state index is 0.121. The van der Waals surface area contributed by atoms with Crippen LogP contribution in [0.25, 0.3) is 0 Å². The summed E-state index contributed by atoms with van der Waals surface area (Å²) in [6, 6.07) is 8.22. The molecule has 0 radical (unpaired) electrons. The van der Waals surface area contributed by atoms with Gasteiger partial charge in [-0.2, -0.15) is 0 Å². The first kappa shape index (κ1) is 13.2. The predicted octanol–water partition coefficient (Wildman–Crippen LogP) is 1.71. The normalized spacial score (nSPS) is 28.0. The van der Waals surface area contributed by atoms with Gasteiger partial charge in [0.05, 0.1) is 6.54 Å². The Morgan fingerprint density at radius 3 is 3.00 bits per heavy atom. The third-order valence-corrected chi connectivity index (χ3v) is 5.99. The van der Waals surface area contributed by atoms with Gasteiger partial charge < -0.3 is 9.80 Å². The summed E-state index contributed by atoms with van der Waals surface area (Å²) >= 11 is 1.85. The van der Waals surface area contributed by atoms with Crippen molar-refractivity contribution in [1.82, 2.24) is 9.80 Å². The van der Waals surface area contributed by atoms with E-state index >= 15 is 0 Å². The van der Waals surface area contributed by atoms with E-state index in [4.69, 9.17) is 0 Å². The fourth-order valence-electron chi connectivity index (χ4n) is 3.67. The van der Waals surface area contributed by atoms with Crippen LogP contribution in [0.1, 0.15) is 24.3 Å². The molecule has 3 heterocycles. The highest BCUT2D eigenvalue weighted by atomic mass is 32.2. The SMILES string of the molecule is O=C1C2CCCN2C(=O)CN1CC1CSc2ccccc21. The van der Waals surface area contributed by atoms with Crippen LogP contribution in [0.2, 0.25) is 0 Å². The summed E-state index contributed by atoms with van der Waals surface area (Å²) in [4.78, 5) is 29.6. The van der Waals surface area contributed by atoms with Crippen molar-refractivity contribution >= 4 is 23.6 Å². The number of amides is 2. The van der Waals surface area contributed by atoms with Gasteiger partial charge in [-0.3, -0.25) is 9.59 Å². The molecule has 0 bridgehead atoms. The third-order valence-electron chi connectivity index (χ3n) is 4.74. The number of nitrogens with zero attached hydrogens (tertiary/aromatic N) is 2. The Bertz CT molecular complexity index is 604. The molecule has 2 atom stereocenters. The van der Waals surface area contributed by atoms with Gasteiger partial charge in [-0.05, 0) is 24.5 Å². The summed E-state index contributed by atoms with van der Waals surface area (Å²) in [6.45, 7) is 1.70. The van der Waals surface area contributed by atoms with Crippen molar-refractivity contribution in [2.24, 2.45) is 0 Å². The zero-order chi connectivity index (χ0) is 14.4. The molecule has 5 heteroatoms. The third kappa shape index (κ3) is 2.14. The average Bonchev–Trinajstić information content (AvgIpc) is 3.12. The molecule has 0 saturated carbocycles. The summed E-state index contributed by atoms with van der Waals surface area (Å²) in [5.41, 5.74) is 1.33. The number of carbonyl (C=O) groups excluding carboxylic acids is 2. The molecule has 3 aliphatic heterocycles. The van der Waals surface area contributed by atoms with Crippen LogP contribution in [0.4, 0.5) is 0 Å². The van der Waals surface area contributed by atoms with Crippen molar-refractivity contribution in [2.75, 3.05) is 25.4 Å². The Morgan fingerprint density at radius 1 is 1.24 bits per heavy atom. The molecule has 0 aromatic heterocycles. The van der Waals surface area contributed by atoms with E-state index in [0.717, 1.165) is 25.1 Å². The number of fused-ring (bicyclic) bond motifs is 2. The van der Waals surface area contributed by atoms with Gasteiger partial charge in [-0.25, -0.2) is 0 Å². The van der Waals surface area contributed by atoms with E-state index in [9.17, 15) is 9.59 Å². The first-order valence-electron chi connectivity index (χ1n) is 7.54. The standard InChI is InChI=1S/C16H18N2O2S/c19-15-9-17(16(20)13-5-3-7-18(13)15)8-11-10-21-14-6-2-1-4-12(11)14/h1-2,4,6,11,13H,3,5,7-10H2.